The fourth-order valence-corrected chi connectivity index (χ4v) is 2.34. The Bertz CT molecular complexity index is 612. The maximum atomic E-state index is 12.1. The van der Waals surface area contributed by atoms with Crippen LogP contribution in [0.5, 0.6) is 0 Å². The SMILES string of the molecule is C=CCOC(=O)Nc1nn(C(=O)OCC)c2c1CNC2(C)C.Cl. The number of aromatic nitrogens is 2. The van der Waals surface area contributed by atoms with E-state index in [-0.39, 0.29) is 31.4 Å². The van der Waals surface area contributed by atoms with Crippen molar-refractivity contribution in [1.29, 1.82) is 0 Å². The Labute approximate surface area is 140 Å². The minimum atomic E-state index is -0.652. The molecule has 0 atom stereocenters. The summed E-state index contributed by atoms with van der Waals surface area (Å²) in [5, 5.41) is 9.96. The van der Waals surface area contributed by atoms with Crippen molar-refractivity contribution in [3.63, 3.8) is 0 Å². The zero-order valence-corrected chi connectivity index (χ0v) is 14.2. The van der Waals surface area contributed by atoms with Crippen LogP contribution in [-0.2, 0) is 21.6 Å². The topological polar surface area (TPSA) is 94.5 Å². The van der Waals surface area contributed by atoms with Crippen LogP contribution in [0.4, 0.5) is 15.4 Å². The molecule has 128 valence electrons. The standard InChI is InChI=1S/C14H20N4O4.ClH/c1-5-7-22-12(19)16-11-9-8-15-14(3,4)10(9)18(17-11)13(20)21-6-2;/h5,15H,1,6-8H2,2-4H3,(H,16,17,19);1H. The van der Waals surface area contributed by atoms with Gasteiger partial charge >= 0.3 is 12.2 Å². The molecule has 1 aliphatic heterocycles. The largest absolute Gasteiger partial charge is 0.448 e. The second kappa shape index (κ2) is 7.47. The van der Waals surface area contributed by atoms with Gasteiger partial charge in [-0.25, -0.2) is 9.59 Å². The van der Waals surface area contributed by atoms with E-state index >= 15 is 0 Å². The summed E-state index contributed by atoms with van der Waals surface area (Å²) >= 11 is 0. The number of hydrogen-bond donors (Lipinski definition) is 2. The first-order chi connectivity index (χ1) is 10.4. The van der Waals surface area contributed by atoms with Crippen molar-refractivity contribution < 1.29 is 19.1 Å². The Kier molecular flexibility index (Phi) is 6.17. The van der Waals surface area contributed by atoms with Gasteiger partial charge in [0, 0.05) is 12.1 Å². The molecular formula is C14H21ClN4O4. The summed E-state index contributed by atoms with van der Waals surface area (Å²) in [5.74, 6) is 0.287. The van der Waals surface area contributed by atoms with Crippen LogP contribution in [0.15, 0.2) is 12.7 Å². The maximum Gasteiger partial charge on any atom is 0.435 e. The monoisotopic (exact) mass is 344 g/mol. The van der Waals surface area contributed by atoms with E-state index in [0.717, 1.165) is 5.56 Å². The lowest BCUT2D eigenvalue weighted by atomic mass is 10.0. The van der Waals surface area contributed by atoms with Gasteiger partial charge in [0.1, 0.15) is 6.61 Å². The van der Waals surface area contributed by atoms with E-state index in [1.807, 2.05) is 13.8 Å². The Balaban J connectivity index is 0.00000264. The Morgan fingerprint density at radius 1 is 1.48 bits per heavy atom. The second-order valence-corrected chi connectivity index (χ2v) is 5.28. The van der Waals surface area contributed by atoms with E-state index in [4.69, 9.17) is 9.47 Å². The molecule has 0 saturated heterocycles. The highest BCUT2D eigenvalue weighted by Gasteiger charge is 2.39. The third-order valence-electron chi connectivity index (χ3n) is 3.28. The Morgan fingerprint density at radius 3 is 2.78 bits per heavy atom. The third-order valence-corrected chi connectivity index (χ3v) is 3.28. The summed E-state index contributed by atoms with van der Waals surface area (Å²) in [4.78, 5) is 23.7. The van der Waals surface area contributed by atoms with Gasteiger partial charge in [0.2, 0.25) is 0 Å². The summed E-state index contributed by atoms with van der Waals surface area (Å²) in [6.45, 7) is 9.86. The molecule has 1 aliphatic rings. The summed E-state index contributed by atoms with van der Waals surface area (Å²) in [6.07, 6.45) is 0.232. The molecule has 0 fully saturated rings. The second-order valence-electron chi connectivity index (χ2n) is 5.28. The zero-order valence-electron chi connectivity index (χ0n) is 13.3. The Morgan fingerprint density at radius 2 is 2.17 bits per heavy atom. The van der Waals surface area contributed by atoms with Crippen molar-refractivity contribution >= 4 is 30.4 Å². The van der Waals surface area contributed by atoms with Crippen LogP contribution in [0.3, 0.4) is 0 Å². The van der Waals surface area contributed by atoms with E-state index < -0.39 is 17.7 Å². The normalized spacial score (nSPS) is 14.4. The molecule has 2 heterocycles. The fourth-order valence-electron chi connectivity index (χ4n) is 2.34. The smallest absolute Gasteiger partial charge is 0.435 e. The zero-order chi connectivity index (χ0) is 16.3. The van der Waals surface area contributed by atoms with Gasteiger partial charge in [-0.3, -0.25) is 5.32 Å². The molecule has 0 spiro atoms. The molecule has 2 N–H and O–H groups in total. The predicted molar refractivity (Wildman–Crippen MR) is 86.9 cm³/mol. The first-order valence-electron chi connectivity index (χ1n) is 7.00. The predicted octanol–water partition coefficient (Wildman–Crippen LogP) is 2.38. The summed E-state index contributed by atoms with van der Waals surface area (Å²) in [5.41, 5.74) is 0.957. The van der Waals surface area contributed by atoms with Gasteiger partial charge in [0.05, 0.1) is 17.8 Å². The van der Waals surface area contributed by atoms with Crippen LogP contribution in [0.25, 0.3) is 0 Å². The van der Waals surface area contributed by atoms with E-state index in [1.165, 1.54) is 10.8 Å². The van der Waals surface area contributed by atoms with Crippen molar-refractivity contribution in [2.75, 3.05) is 18.5 Å². The molecule has 1 aromatic rings. The summed E-state index contributed by atoms with van der Waals surface area (Å²) in [7, 11) is 0. The van der Waals surface area contributed by atoms with Crippen LogP contribution < -0.4 is 10.6 Å². The lowest BCUT2D eigenvalue weighted by Crippen LogP contribution is -2.34. The van der Waals surface area contributed by atoms with Crippen molar-refractivity contribution in [2.45, 2.75) is 32.9 Å². The molecule has 8 nitrogen and oxygen atoms in total. The number of halogens is 1. The molecule has 0 unspecified atom stereocenters. The molecule has 9 heteroatoms. The highest BCUT2D eigenvalue weighted by molar-refractivity contribution is 5.86. The molecule has 1 amide bonds. The minimum Gasteiger partial charge on any atom is -0.448 e. The average Bonchev–Trinajstić information content (AvgIpc) is 2.97. The number of nitrogens with one attached hydrogen (secondary N) is 2. The first-order valence-corrected chi connectivity index (χ1v) is 7.00. The number of ether oxygens (including phenoxy) is 2. The molecule has 1 aromatic heterocycles. The minimum absolute atomic E-state index is 0. The van der Waals surface area contributed by atoms with E-state index in [2.05, 4.69) is 22.3 Å². The molecular weight excluding hydrogens is 324 g/mol. The number of nitrogens with zero attached hydrogens (tertiary/aromatic N) is 2. The maximum absolute atomic E-state index is 12.1. The van der Waals surface area contributed by atoms with Crippen molar-refractivity contribution in [3.05, 3.63) is 23.9 Å². The quantitative estimate of drug-likeness (QED) is 0.814. The molecule has 0 aromatic carbocycles. The number of hydrogen-bond acceptors (Lipinski definition) is 6. The van der Waals surface area contributed by atoms with Crippen LogP contribution in [0.1, 0.15) is 32.0 Å². The molecule has 0 saturated carbocycles. The first kappa shape index (κ1) is 19.0. The molecule has 0 radical (unpaired) electrons. The summed E-state index contributed by atoms with van der Waals surface area (Å²) < 4.78 is 11.1. The van der Waals surface area contributed by atoms with E-state index in [0.29, 0.717) is 12.2 Å². The number of carbonyl (C=O) groups is 2. The van der Waals surface area contributed by atoms with E-state index in [1.54, 1.807) is 6.92 Å². The third kappa shape index (κ3) is 3.83. The van der Waals surface area contributed by atoms with Gasteiger partial charge in [-0.1, -0.05) is 12.7 Å². The van der Waals surface area contributed by atoms with Crippen LogP contribution in [0, 0.1) is 0 Å². The van der Waals surface area contributed by atoms with Gasteiger partial charge in [0.25, 0.3) is 0 Å². The van der Waals surface area contributed by atoms with Crippen LogP contribution in [-0.4, -0.2) is 35.2 Å². The number of anilines is 1. The number of fused-ring (bicyclic) bond motifs is 1. The molecule has 2 rings (SSSR count). The van der Waals surface area contributed by atoms with Gasteiger partial charge in [-0.2, -0.15) is 4.68 Å². The van der Waals surface area contributed by atoms with Gasteiger partial charge in [-0.05, 0) is 20.8 Å². The number of rotatable bonds is 4. The van der Waals surface area contributed by atoms with Crippen LogP contribution >= 0.6 is 12.4 Å². The number of amides is 1. The van der Waals surface area contributed by atoms with Gasteiger partial charge in [0.15, 0.2) is 5.82 Å². The lowest BCUT2D eigenvalue weighted by Gasteiger charge is -2.20. The highest BCUT2D eigenvalue weighted by Crippen LogP contribution is 2.35. The Hall–Kier alpha value is -2.06. The van der Waals surface area contributed by atoms with Crippen molar-refractivity contribution in [1.82, 2.24) is 15.1 Å². The molecule has 0 aliphatic carbocycles. The van der Waals surface area contributed by atoms with Gasteiger partial charge in [-0.15, -0.1) is 17.5 Å². The van der Waals surface area contributed by atoms with Crippen molar-refractivity contribution in [3.8, 4) is 0 Å². The lowest BCUT2D eigenvalue weighted by molar-refractivity contribution is 0.148. The highest BCUT2D eigenvalue weighted by atomic mass is 35.5. The summed E-state index contributed by atoms with van der Waals surface area (Å²) in [6, 6.07) is 0. The van der Waals surface area contributed by atoms with Crippen molar-refractivity contribution in [2.24, 2.45) is 0 Å². The molecule has 0 bridgehead atoms. The molecule has 23 heavy (non-hydrogen) atoms. The van der Waals surface area contributed by atoms with E-state index in [9.17, 15) is 9.59 Å². The number of carbonyl (C=O) groups excluding carboxylic acids is 2. The van der Waals surface area contributed by atoms with Gasteiger partial charge < -0.3 is 14.8 Å². The average molecular weight is 345 g/mol. The van der Waals surface area contributed by atoms with Crippen LogP contribution in [0.2, 0.25) is 0 Å². The fraction of sp³-hybridized carbons (Fsp3) is 0.500.